The van der Waals surface area contributed by atoms with Crippen molar-refractivity contribution in [1.82, 2.24) is 35.0 Å². The van der Waals surface area contributed by atoms with Crippen LogP contribution < -0.4 is 0 Å². The molecule has 0 spiro atoms. The van der Waals surface area contributed by atoms with Crippen LogP contribution in [0.3, 0.4) is 0 Å². The number of likely N-dealkylation sites (tertiary alicyclic amines) is 1. The van der Waals surface area contributed by atoms with E-state index in [-0.39, 0.29) is 5.82 Å². The van der Waals surface area contributed by atoms with Crippen molar-refractivity contribution in [2.45, 2.75) is 26.3 Å². The molecular formula is C28H24FN7S. The first kappa shape index (κ1) is 22.3. The van der Waals surface area contributed by atoms with Gasteiger partial charge in [-0.1, -0.05) is 0 Å². The molecule has 1 aliphatic heterocycles. The molecule has 1 aliphatic rings. The molecule has 0 unspecified atom stereocenters. The molecule has 0 bridgehead atoms. The van der Waals surface area contributed by atoms with Gasteiger partial charge in [-0.25, -0.2) is 9.37 Å². The maximum Gasteiger partial charge on any atom is 0.159 e. The predicted molar refractivity (Wildman–Crippen MR) is 145 cm³/mol. The lowest BCUT2D eigenvalue weighted by Gasteiger charge is -2.15. The first-order chi connectivity index (χ1) is 18.1. The number of aryl methyl sites for hydroxylation is 1. The zero-order valence-electron chi connectivity index (χ0n) is 20.3. The normalized spacial score (nSPS) is 14.3. The first-order valence-corrected chi connectivity index (χ1v) is 13.2. The average molecular weight is 510 g/mol. The Hall–Kier alpha value is -3.95. The van der Waals surface area contributed by atoms with Gasteiger partial charge in [-0.3, -0.25) is 20.0 Å². The van der Waals surface area contributed by atoms with Crippen LogP contribution in [0.1, 0.15) is 23.3 Å². The van der Waals surface area contributed by atoms with Gasteiger partial charge >= 0.3 is 0 Å². The Kier molecular flexibility index (Phi) is 5.33. The summed E-state index contributed by atoms with van der Waals surface area (Å²) in [5, 5.41) is 7.83. The third kappa shape index (κ3) is 3.91. The fraction of sp³-hybridized carbons (Fsp3) is 0.214. The Morgan fingerprint density at radius 1 is 1.03 bits per heavy atom. The van der Waals surface area contributed by atoms with Crippen molar-refractivity contribution in [3.05, 3.63) is 71.2 Å². The highest BCUT2D eigenvalue weighted by Crippen LogP contribution is 2.36. The number of pyridine rings is 2. The Labute approximate surface area is 216 Å². The van der Waals surface area contributed by atoms with Crippen LogP contribution in [0.15, 0.2) is 55.0 Å². The van der Waals surface area contributed by atoms with Crippen LogP contribution in [0, 0.1) is 12.7 Å². The molecule has 0 atom stereocenters. The minimum absolute atomic E-state index is 0.339. The molecule has 7 nitrogen and oxygen atoms in total. The summed E-state index contributed by atoms with van der Waals surface area (Å²) >= 11 is 1.67. The van der Waals surface area contributed by atoms with Crippen LogP contribution in [-0.4, -0.2) is 48.1 Å². The summed E-state index contributed by atoms with van der Waals surface area (Å²) in [4.78, 5) is 21.8. The van der Waals surface area contributed by atoms with Gasteiger partial charge in [0.1, 0.15) is 22.7 Å². The molecular weight excluding hydrogens is 485 g/mol. The summed E-state index contributed by atoms with van der Waals surface area (Å²) in [5.74, 6) is 0.162. The summed E-state index contributed by atoms with van der Waals surface area (Å²) in [6.45, 7) is 5.10. The summed E-state index contributed by atoms with van der Waals surface area (Å²) in [7, 11) is 0. The number of nitrogens with one attached hydrogen (secondary N) is 2. The number of thiophene rings is 1. The number of benzene rings is 1. The highest BCUT2D eigenvalue weighted by atomic mass is 32.1. The smallest absolute Gasteiger partial charge is 0.159 e. The summed E-state index contributed by atoms with van der Waals surface area (Å²) in [5.41, 5.74) is 5.78. The van der Waals surface area contributed by atoms with E-state index in [2.05, 4.69) is 49.1 Å². The maximum atomic E-state index is 16.1. The van der Waals surface area contributed by atoms with Gasteiger partial charge in [0.25, 0.3) is 0 Å². The molecule has 1 fully saturated rings. The van der Waals surface area contributed by atoms with Crippen molar-refractivity contribution in [3.8, 4) is 33.2 Å². The highest BCUT2D eigenvalue weighted by molar-refractivity contribution is 7.15. The maximum absolute atomic E-state index is 16.1. The zero-order chi connectivity index (χ0) is 24.9. The van der Waals surface area contributed by atoms with E-state index in [1.165, 1.54) is 17.7 Å². The van der Waals surface area contributed by atoms with Crippen LogP contribution in [0.5, 0.6) is 0 Å². The lowest BCUT2D eigenvalue weighted by Crippen LogP contribution is -2.18. The van der Waals surface area contributed by atoms with Gasteiger partial charge in [-0.2, -0.15) is 5.10 Å². The van der Waals surface area contributed by atoms with Crippen LogP contribution in [0.25, 0.3) is 55.2 Å². The van der Waals surface area contributed by atoms with Crippen LogP contribution in [-0.2, 0) is 6.54 Å². The standard InChI is InChI=1S/C28H24FN7S/c1-16-4-7-22(37-16)26-25-21(8-9-31-26)32-28(33-25)27-23-20(34-35-27)6-5-19(24(23)29)18-12-17(13-30-14-18)15-36-10-2-3-11-36/h4-9,12-14H,2-3,10-11,15H2,1H3,(H,32,33)(H,34,35). The summed E-state index contributed by atoms with van der Waals surface area (Å²) < 4.78 is 16.1. The number of fused-ring (bicyclic) bond motifs is 2. The van der Waals surface area contributed by atoms with Crippen molar-refractivity contribution in [2.24, 2.45) is 0 Å². The van der Waals surface area contributed by atoms with Crippen molar-refractivity contribution in [2.75, 3.05) is 13.1 Å². The van der Waals surface area contributed by atoms with Gasteiger partial charge in [0.15, 0.2) is 5.82 Å². The molecule has 0 saturated carbocycles. The Morgan fingerprint density at radius 3 is 2.76 bits per heavy atom. The topological polar surface area (TPSA) is 86.4 Å². The molecule has 6 heterocycles. The van der Waals surface area contributed by atoms with Crippen LogP contribution >= 0.6 is 11.3 Å². The van der Waals surface area contributed by atoms with Crippen LogP contribution in [0.2, 0.25) is 0 Å². The van der Waals surface area contributed by atoms with Gasteiger partial charge in [0.2, 0.25) is 0 Å². The molecule has 2 N–H and O–H groups in total. The lowest BCUT2D eigenvalue weighted by atomic mass is 10.0. The number of hydrogen-bond acceptors (Lipinski definition) is 6. The number of imidazole rings is 1. The number of aromatic nitrogens is 6. The predicted octanol–water partition coefficient (Wildman–Crippen LogP) is 6.34. The molecule has 0 amide bonds. The van der Waals surface area contributed by atoms with Crippen molar-refractivity contribution < 1.29 is 4.39 Å². The molecule has 184 valence electrons. The Morgan fingerprint density at radius 2 is 1.92 bits per heavy atom. The quantitative estimate of drug-likeness (QED) is 0.283. The highest BCUT2D eigenvalue weighted by Gasteiger charge is 2.21. The summed E-state index contributed by atoms with van der Waals surface area (Å²) in [6.07, 6.45) is 7.82. The molecule has 0 aliphatic carbocycles. The average Bonchev–Trinajstić information content (AvgIpc) is 3.70. The van der Waals surface area contributed by atoms with Gasteiger partial charge in [0.05, 0.1) is 21.3 Å². The number of halogens is 1. The second kappa shape index (κ2) is 8.86. The molecule has 0 radical (unpaired) electrons. The van der Waals surface area contributed by atoms with Gasteiger partial charge in [-0.05, 0) is 74.8 Å². The lowest BCUT2D eigenvalue weighted by molar-refractivity contribution is 0.331. The van der Waals surface area contributed by atoms with E-state index in [1.54, 1.807) is 29.8 Å². The molecule has 1 aromatic carbocycles. The fourth-order valence-corrected chi connectivity index (χ4v) is 6.04. The number of aromatic amines is 2. The van der Waals surface area contributed by atoms with Gasteiger partial charge < -0.3 is 4.98 Å². The minimum Gasteiger partial charge on any atom is -0.336 e. The minimum atomic E-state index is -0.339. The second-order valence-electron chi connectivity index (χ2n) is 9.54. The number of hydrogen-bond donors (Lipinski definition) is 2. The SMILES string of the molecule is Cc1ccc(-c2nccc3[nH]c(-c4n[nH]c5ccc(-c6cncc(CN7CCCC7)c6)c(F)c45)nc23)s1. The third-order valence-electron chi connectivity index (χ3n) is 6.98. The van der Waals surface area contributed by atoms with E-state index in [4.69, 9.17) is 4.98 Å². The first-order valence-electron chi connectivity index (χ1n) is 12.4. The molecule has 1 saturated heterocycles. The Balaban J connectivity index is 1.31. The fourth-order valence-electron chi connectivity index (χ4n) is 5.18. The molecule has 6 aromatic rings. The van der Waals surface area contributed by atoms with Crippen molar-refractivity contribution >= 4 is 33.3 Å². The van der Waals surface area contributed by atoms with Gasteiger partial charge in [-0.15, -0.1) is 11.3 Å². The van der Waals surface area contributed by atoms with E-state index in [0.29, 0.717) is 28.0 Å². The van der Waals surface area contributed by atoms with Crippen molar-refractivity contribution in [3.63, 3.8) is 0 Å². The largest absolute Gasteiger partial charge is 0.336 e. The Bertz CT molecular complexity index is 1760. The molecule has 9 heteroatoms. The van der Waals surface area contributed by atoms with E-state index in [0.717, 1.165) is 52.4 Å². The zero-order valence-corrected chi connectivity index (χ0v) is 21.1. The molecule has 7 rings (SSSR count). The molecule has 5 aromatic heterocycles. The van der Waals surface area contributed by atoms with E-state index in [1.807, 2.05) is 24.4 Å². The van der Waals surface area contributed by atoms with Gasteiger partial charge in [0, 0.05) is 41.1 Å². The van der Waals surface area contributed by atoms with E-state index in [9.17, 15) is 0 Å². The number of nitrogens with zero attached hydrogens (tertiary/aromatic N) is 5. The number of H-pyrrole nitrogens is 2. The van der Waals surface area contributed by atoms with E-state index >= 15 is 4.39 Å². The monoisotopic (exact) mass is 509 g/mol. The van der Waals surface area contributed by atoms with Crippen LogP contribution in [0.4, 0.5) is 4.39 Å². The van der Waals surface area contributed by atoms with Crippen molar-refractivity contribution in [1.29, 1.82) is 0 Å². The summed E-state index contributed by atoms with van der Waals surface area (Å²) in [6, 6.07) is 11.7. The number of rotatable bonds is 5. The van der Waals surface area contributed by atoms with E-state index < -0.39 is 0 Å². The third-order valence-corrected chi connectivity index (χ3v) is 7.98. The second-order valence-corrected chi connectivity index (χ2v) is 10.8. The molecule has 37 heavy (non-hydrogen) atoms.